The number of carbonyl (C=O) groups excluding carboxylic acids is 2. The van der Waals surface area contributed by atoms with Crippen LogP contribution in [0.15, 0.2) is 0 Å². The fraction of sp³-hybridized carbons (Fsp3) is 0.846. The van der Waals surface area contributed by atoms with E-state index in [1.54, 1.807) is 11.8 Å². The highest BCUT2D eigenvalue weighted by atomic mass is 32.2. The average molecular weight is 256 g/mol. The van der Waals surface area contributed by atoms with Gasteiger partial charge < -0.3 is 4.74 Å². The van der Waals surface area contributed by atoms with Crippen LogP contribution in [0.2, 0.25) is 0 Å². The molecule has 0 saturated carbocycles. The normalized spacial score (nSPS) is 30.8. The first kappa shape index (κ1) is 13.1. The molecule has 2 aliphatic heterocycles. The van der Waals surface area contributed by atoms with Gasteiger partial charge in [0.15, 0.2) is 0 Å². The van der Waals surface area contributed by atoms with Crippen LogP contribution in [0.4, 0.5) is 0 Å². The van der Waals surface area contributed by atoms with Gasteiger partial charge >= 0.3 is 0 Å². The molecule has 0 aliphatic carbocycles. The van der Waals surface area contributed by atoms with E-state index in [4.69, 9.17) is 4.74 Å². The second kappa shape index (κ2) is 6.01. The zero-order valence-corrected chi connectivity index (χ0v) is 11.1. The molecular weight excluding hydrogens is 236 g/mol. The topological polar surface area (TPSA) is 43.4 Å². The van der Waals surface area contributed by atoms with Crippen LogP contribution in [0, 0.1) is 5.92 Å². The average Bonchev–Trinajstić information content (AvgIpc) is 2.71. The number of thioether (sulfide) groups is 1. The Hall–Kier alpha value is -0.350. The van der Waals surface area contributed by atoms with Crippen molar-refractivity contribution in [2.24, 2.45) is 5.92 Å². The van der Waals surface area contributed by atoms with E-state index < -0.39 is 0 Å². The third kappa shape index (κ3) is 3.32. The molecule has 2 aliphatic rings. The van der Waals surface area contributed by atoms with Crippen molar-refractivity contribution >= 4 is 23.3 Å². The summed E-state index contributed by atoms with van der Waals surface area (Å²) in [5, 5.41) is 0.380. The first-order valence-corrected chi connectivity index (χ1v) is 7.43. The minimum atomic E-state index is -0.0599. The Bertz CT molecular complexity index is 297. The van der Waals surface area contributed by atoms with E-state index >= 15 is 0 Å². The Kier molecular flexibility index (Phi) is 4.62. The molecule has 2 atom stereocenters. The van der Waals surface area contributed by atoms with Crippen LogP contribution < -0.4 is 0 Å². The van der Waals surface area contributed by atoms with Crippen molar-refractivity contribution in [2.75, 3.05) is 13.2 Å². The highest BCUT2D eigenvalue weighted by molar-refractivity contribution is 8.01. The van der Waals surface area contributed by atoms with Gasteiger partial charge in [0, 0.05) is 37.2 Å². The first-order chi connectivity index (χ1) is 8.20. The molecule has 0 N–H and O–H groups in total. The molecule has 17 heavy (non-hydrogen) atoms. The monoisotopic (exact) mass is 256 g/mol. The summed E-state index contributed by atoms with van der Waals surface area (Å²) < 4.78 is 5.25. The maximum absolute atomic E-state index is 12.1. The molecule has 0 aromatic rings. The molecule has 0 radical (unpaired) electrons. The number of carbonyl (C=O) groups is 2. The van der Waals surface area contributed by atoms with Crippen molar-refractivity contribution in [3.05, 3.63) is 0 Å². The number of hydrogen-bond donors (Lipinski definition) is 0. The Labute approximate surface area is 107 Å². The third-order valence-corrected chi connectivity index (χ3v) is 5.31. The van der Waals surface area contributed by atoms with Gasteiger partial charge in [-0.15, -0.1) is 11.8 Å². The standard InChI is InChI=1S/C13H20O3S/c1-2-10-7-12(15)13(17-10)8-11(14)9-3-5-16-6-4-9/h9-10,13H,2-8H2,1H3. The van der Waals surface area contributed by atoms with Gasteiger partial charge in [-0.1, -0.05) is 6.92 Å². The van der Waals surface area contributed by atoms with Crippen molar-refractivity contribution in [2.45, 2.75) is 49.5 Å². The molecule has 2 heterocycles. The minimum absolute atomic E-state index is 0.0599. The predicted octanol–water partition coefficient (Wildman–Crippen LogP) is 2.23. The second-order valence-electron chi connectivity index (χ2n) is 4.88. The molecule has 96 valence electrons. The molecule has 2 saturated heterocycles. The molecule has 2 unspecified atom stereocenters. The van der Waals surface area contributed by atoms with Gasteiger partial charge in [-0.2, -0.15) is 0 Å². The Morgan fingerprint density at radius 2 is 2.12 bits per heavy atom. The number of hydrogen-bond acceptors (Lipinski definition) is 4. The van der Waals surface area contributed by atoms with E-state index in [1.807, 2.05) is 0 Å². The molecule has 2 fully saturated rings. The highest BCUT2D eigenvalue weighted by Crippen LogP contribution is 2.35. The summed E-state index contributed by atoms with van der Waals surface area (Å²) in [6, 6.07) is 0. The van der Waals surface area contributed by atoms with Crippen LogP contribution in [0.3, 0.4) is 0 Å². The summed E-state index contributed by atoms with van der Waals surface area (Å²) in [5.41, 5.74) is 0. The van der Waals surface area contributed by atoms with Gasteiger partial charge in [0.25, 0.3) is 0 Å². The van der Waals surface area contributed by atoms with Crippen molar-refractivity contribution in [1.82, 2.24) is 0 Å². The number of ketones is 2. The van der Waals surface area contributed by atoms with E-state index in [-0.39, 0.29) is 22.7 Å². The van der Waals surface area contributed by atoms with E-state index in [1.165, 1.54) is 0 Å². The van der Waals surface area contributed by atoms with Crippen LogP contribution in [0.1, 0.15) is 39.0 Å². The third-order valence-electron chi connectivity index (χ3n) is 3.66. The summed E-state index contributed by atoms with van der Waals surface area (Å²) in [4.78, 5) is 23.8. The van der Waals surface area contributed by atoms with Crippen molar-refractivity contribution in [1.29, 1.82) is 0 Å². The van der Waals surface area contributed by atoms with E-state index in [0.717, 1.165) is 19.3 Å². The lowest BCUT2D eigenvalue weighted by atomic mass is 9.92. The lowest BCUT2D eigenvalue weighted by Crippen LogP contribution is -2.27. The largest absolute Gasteiger partial charge is 0.381 e. The molecule has 0 amide bonds. The smallest absolute Gasteiger partial charge is 0.147 e. The summed E-state index contributed by atoms with van der Waals surface area (Å²) in [6.07, 6.45) is 3.80. The predicted molar refractivity (Wildman–Crippen MR) is 68.2 cm³/mol. The number of Topliss-reactive ketones (excluding diaryl/α,β-unsaturated/α-hetero) is 2. The summed E-state index contributed by atoms with van der Waals surface area (Å²) in [5.74, 6) is 0.691. The van der Waals surface area contributed by atoms with Crippen LogP contribution in [0.5, 0.6) is 0 Å². The summed E-state index contributed by atoms with van der Waals surface area (Å²) in [6.45, 7) is 3.49. The van der Waals surface area contributed by atoms with Crippen molar-refractivity contribution in [3.63, 3.8) is 0 Å². The Morgan fingerprint density at radius 3 is 2.71 bits per heavy atom. The van der Waals surface area contributed by atoms with Gasteiger partial charge in [0.2, 0.25) is 0 Å². The van der Waals surface area contributed by atoms with Gasteiger partial charge in [-0.05, 0) is 19.3 Å². The lowest BCUT2D eigenvalue weighted by Gasteiger charge is -2.21. The van der Waals surface area contributed by atoms with Crippen LogP contribution in [0.25, 0.3) is 0 Å². The van der Waals surface area contributed by atoms with Crippen LogP contribution in [-0.4, -0.2) is 35.3 Å². The second-order valence-corrected chi connectivity index (χ2v) is 6.39. The maximum atomic E-state index is 12.1. The van der Waals surface area contributed by atoms with Crippen molar-refractivity contribution in [3.8, 4) is 0 Å². The molecule has 0 aromatic carbocycles. The number of rotatable bonds is 4. The highest BCUT2D eigenvalue weighted by Gasteiger charge is 2.35. The Morgan fingerprint density at radius 1 is 1.41 bits per heavy atom. The summed E-state index contributed by atoms with van der Waals surface area (Å²) in [7, 11) is 0. The van der Waals surface area contributed by atoms with Crippen molar-refractivity contribution < 1.29 is 14.3 Å². The molecule has 0 bridgehead atoms. The van der Waals surface area contributed by atoms with Gasteiger partial charge in [0.1, 0.15) is 11.6 Å². The van der Waals surface area contributed by atoms with Gasteiger partial charge in [-0.25, -0.2) is 0 Å². The molecule has 2 rings (SSSR count). The zero-order valence-electron chi connectivity index (χ0n) is 10.3. The van der Waals surface area contributed by atoms with Gasteiger partial charge in [-0.3, -0.25) is 9.59 Å². The van der Waals surface area contributed by atoms with E-state index in [0.29, 0.717) is 31.3 Å². The van der Waals surface area contributed by atoms with Gasteiger partial charge in [0.05, 0.1) is 5.25 Å². The fourth-order valence-corrected chi connectivity index (χ4v) is 3.91. The molecular formula is C13H20O3S. The molecule has 0 spiro atoms. The minimum Gasteiger partial charge on any atom is -0.381 e. The molecule has 3 nitrogen and oxygen atoms in total. The molecule has 4 heteroatoms. The SMILES string of the molecule is CCC1CC(=O)C(CC(=O)C2CCOCC2)S1. The van der Waals surface area contributed by atoms with Crippen LogP contribution in [-0.2, 0) is 14.3 Å². The van der Waals surface area contributed by atoms with Crippen LogP contribution >= 0.6 is 11.8 Å². The molecule has 0 aromatic heterocycles. The quantitative estimate of drug-likeness (QED) is 0.773. The lowest BCUT2D eigenvalue weighted by molar-refractivity contribution is -0.128. The maximum Gasteiger partial charge on any atom is 0.147 e. The fourth-order valence-electron chi connectivity index (χ4n) is 2.48. The van der Waals surface area contributed by atoms with E-state index in [2.05, 4.69) is 6.92 Å². The number of ether oxygens (including phenoxy) is 1. The summed E-state index contributed by atoms with van der Waals surface area (Å²) >= 11 is 1.71. The first-order valence-electron chi connectivity index (χ1n) is 6.49. The Balaban J connectivity index is 1.83. The zero-order chi connectivity index (χ0) is 12.3. The van der Waals surface area contributed by atoms with E-state index in [9.17, 15) is 9.59 Å².